The van der Waals surface area contributed by atoms with Crippen LogP contribution in [0, 0.1) is 11.6 Å². The summed E-state index contributed by atoms with van der Waals surface area (Å²) in [6.07, 6.45) is 3.01. The van der Waals surface area contributed by atoms with Crippen molar-refractivity contribution in [2.24, 2.45) is 0 Å². The quantitative estimate of drug-likeness (QED) is 0.787. The second kappa shape index (κ2) is 5.24. The largest absolute Gasteiger partial charge is 0.322 e. The molecule has 6 heteroatoms. The van der Waals surface area contributed by atoms with Crippen molar-refractivity contribution in [3.05, 3.63) is 66.0 Å². The fraction of sp³-hybridized carbons (Fsp3) is 0. The Labute approximate surface area is 118 Å². The first-order chi connectivity index (χ1) is 10.1. The van der Waals surface area contributed by atoms with E-state index in [1.165, 1.54) is 18.5 Å². The highest BCUT2D eigenvalue weighted by molar-refractivity contribution is 6.11. The van der Waals surface area contributed by atoms with E-state index in [0.717, 1.165) is 12.1 Å². The number of carbonyl (C=O) groups excluding carboxylic acids is 1. The van der Waals surface area contributed by atoms with Gasteiger partial charge in [-0.05, 0) is 24.3 Å². The van der Waals surface area contributed by atoms with Crippen molar-refractivity contribution >= 4 is 22.6 Å². The van der Waals surface area contributed by atoms with Gasteiger partial charge in [-0.3, -0.25) is 14.8 Å². The first-order valence-electron chi connectivity index (χ1n) is 6.11. The molecule has 4 nitrogen and oxygen atoms in total. The molecular formula is C15H9F2N3O. The molecule has 3 rings (SSSR count). The van der Waals surface area contributed by atoms with Crippen molar-refractivity contribution in [3.63, 3.8) is 0 Å². The molecule has 0 unspecified atom stereocenters. The number of benzene rings is 2. The van der Waals surface area contributed by atoms with Crippen molar-refractivity contribution < 1.29 is 13.6 Å². The van der Waals surface area contributed by atoms with Crippen LogP contribution in [0.2, 0.25) is 0 Å². The Morgan fingerprint density at radius 2 is 1.81 bits per heavy atom. The predicted octanol–water partition coefficient (Wildman–Crippen LogP) is 3.16. The Balaban J connectivity index is 1.95. The molecule has 1 aromatic heterocycles. The van der Waals surface area contributed by atoms with E-state index in [2.05, 4.69) is 15.3 Å². The molecule has 0 spiro atoms. The third-order valence-corrected chi connectivity index (χ3v) is 2.92. The topological polar surface area (TPSA) is 54.9 Å². The summed E-state index contributed by atoms with van der Waals surface area (Å²) in [5.74, 6) is -2.46. The minimum absolute atomic E-state index is 0.166. The van der Waals surface area contributed by atoms with Crippen LogP contribution in [0.3, 0.4) is 0 Å². The second-order valence-electron chi connectivity index (χ2n) is 4.31. The van der Waals surface area contributed by atoms with Gasteiger partial charge in [0.1, 0.15) is 5.52 Å². The number of anilines is 1. The predicted molar refractivity (Wildman–Crippen MR) is 73.8 cm³/mol. The van der Waals surface area contributed by atoms with Gasteiger partial charge in [-0.15, -0.1) is 0 Å². The normalized spacial score (nSPS) is 10.6. The Morgan fingerprint density at radius 1 is 1.00 bits per heavy atom. The number of nitrogens with zero attached hydrogens (tertiary/aromatic N) is 2. The number of amides is 1. The molecule has 0 fully saturated rings. The van der Waals surface area contributed by atoms with Crippen LogP contribution in [-0.2, 0) is 0 Å². The Bertz CT molecular complexity index is 831. The highest BCUT2D eigenvalue weighted by Crippen LogP contribution is 2.17. The lowest BCUT2D eigenvalue weighted by Gasteiger charge is -2.07. The zero-order valence-electron chi connectivity index (χ0n) is 10.7. The Hall–Kier alpha value is -2.89. The van der Waals surface area contributed by atoms with E-state index in [9.17, 15) is 13.6 Å². The highest BCUT2D eigenvalue weighted by Gasteiger charge is 2.12. The summed E-state index contributed by atoms with van der Waals surface area (Å²) in [5, 5.41) is 2.51. The molecule has 1 amide bonds. The zero-order chi connectivity index (χ0) is 14.8. The lowest BCUT2D eigenvalue weighted by Crippen LogP contribution is -2.13. The number of rotatable bonds is 2. The van der Waals surface area contributed by atoms with E-state index in [4.69, 9.17) is 0 Å². The molecule has 0 bridgehead atoms. The Morgan fingerprint density at radius 3 is 2.62 bits per heavy atom. The summed E-state index contributed by atoms with van der Waals surface area (Å²) in [6.45, 7) is 0. The number of fused-ring (bicyclic) bond motifs is 1. The maximum absolute atomic E-state index is 13.1. The van der Waals surface area contributed by atoms with Gasteiger partial charge in [0.2, 0.25) is 0 Å². The van der Waals surface area contributed by atoms with Gasteiger partial charge in [0, 0.05) is 24.1 Å². The molecule has 0 atom stereocenters. The van der Waals surface area contributed by atoms with Gasteiger partial charge in [-0.2, -0.15) is 0 Å². The number of halogens is 2. The Kier molecular flexibility index (Phi) is 3.27. The number of para-hydroxylation sites is 1. The second-order valence-corrected chi connectivity index (χ2v) is 4.31. The molecule has 104 valence electrons. The molecule has 1 heterocycles. The van der Waals surface area contributed by atoms with Crippen molar-refractivity contribution in [1.82, 2.24) is 9.97 Å². The van der Waals surface area contributed by atoms with Gasteiger partial charge in [0.15, 0.2) is 11.6 Å². The van der Waals surface area contributed by atoms with E-state index in [-0.39, 0.29) is 5.69 Å². The van der Waals surface area contributed by atoms with Crippen LogP contribution in [0.5, 0.6) is 0 Å². The molecule has 1 N–H and O–H groups in total. The van der Waals surface area contributed by atoms with Crippen molar-refractivity contribution in [2.45, 2.75) is 0 Å². The summed E-state index contributed by atoms with van der Waals surface area (Å²) in [5.41, 5.74) is 1.50. The van der Waals surface area contributed by atoms with Crippen LogP contribution in [-0.4, -0.2) is 15.9 Å². The lowest BCUT2D eigenvalue weighted by molar-refractivity contribution is 0.102. The van der Waals surface area contributed by atoms with Crippen molar-refractivity contribution in [1.29, 1.82) is 0 Å². The van der Waals surface area contributed by atoms with Gasteiger partial charge in [-0.1, -0.05) is 6.07 Å². The minimum atomic E-state index is -1.02. The van der Waals surface area contributed by atoms with Gasteiger partial charge in [0.05, 0.1) is 11.1 Å². The standard InChI is InChI=1S/C15H9F2N3O/c16-11-5-4-9(8-12(11)17)20-15(21)10-2-1-3-13-14(10)19-7-6-18-13/h1-8H,(H,20,21). The fourth-order valence-corrected chi connectivity index (χ4v) is 1.95. The van der Waals surface area contributed by atoms with Gasteiger partial charge >= 0.3 is 0 Å². The maximum atomic E-state index is 13.1. The molecule has 0 saturated heterocycles. The summed E-state index contributed by atoms with van der Waals surface area (Å²) >= 11 is 0. The molecule has 0 aliphatic carbocycles. The molecule has 0 radical (unpaired) electrons. The van der Waals surface area contributed by atoms with Gasteiger partial charge in [0.25, 0.3) is 5.91 Å². The van der Waals surface area contributed by atoms with Crippen molar-refractivity contribution in [3.8, 4) is 0 Å². The van der Waals surface area contributed by atoms with E-state index < -0.39 is 17.5 Å². The van der Waals surface area contributed by atoms with Crippen LogP contribution < -0.4 is 5.32 Å². The van der Waals surface area contributed by atoms with E-state index in [1.54, 1.807) is 18.2 Å². The third kappa shape index (κ3) is 2.55. The zero-order valence-corrected chi connectivity index (χ0v) is 10.7. The minimum Gasteiger partial charge on any atom is -0.322 e. The maximum Gasteiger partial charge on any atom is 0.257 e. The van der Waals surface area contributed by atoms with E-state index in [1.807, 2.05) is 0 Å². The number of carbonyl (C=O) groups is 1. The molecule has 0 saturated carbocycles. The molecule has 3 aromatic rings. The number of aromatic nitrogens is 2. The summed E-state index contributed by atoms with van der Waals surface area (Å²) < 4.78 is 26.0. The van der Waals surface area contributed by atoms with Crippen LogP contribution in [0.25, 0.3) is 11.0 Å². The number of hydrogen-bond donors (Lipinski definition) is 1. The van der Waals surface area contributed by atoms with E-state index in [0.29, 0.717) is 16.6 Å². The smallest absolute Gasteiger partial charge is 0.257 e. The average molecular weight is 285 g/mol. The first kappa shape index (κ1) is 13.1. The van der Waals surface area contributed by atoms with Crippen LogP contribution >= 0.6 is 0 Å². The first-order valence-corrected chi connectivity index (χ1v) is 6.11. The van der Waals surface area contributed by atoms with Gasteiger partial charge in [-0.25, -0.2) is 8.78 Å². The van der Waals surface area contributed by atoms with Crippen LogP contribution in [0.4, 0.5) is 14.5 Å². The summed E-state index contributed by atoms with van der Waals surface area (Å²) in [4.78, 5) is 20.5. The highest BCUT2D eigenvalue weighted by atomic mass is 19.2. The molecule has 21 heavy (non-hydrogen) atoms. The van der Waals surface area contributed by atoms with Crippen molar-refractivity contribution in [2.75, 3.05) is 5.32 Å². The summed E-state index contributed by atoms with van der Waals surface area (Å²) in [6, 6.07) is 8.16. The van der Waals surface area contributed by atoms with Crippen LogP contribution in [0.1, 0.15) is 10.4 Å². The average Bonchev–Trinajstić information content (AvgIpc) is 2.50. The lowest BCUT2D eigenvalue weighted by atomic mass is 10.1. The molecule has 0 aliphatic heterocycles. The molecular weight excluding hydrogens is 276 g/mol. The van der Waals surface area contributed by atoms with Gasteiger partial charge < -0.3 is 5.32 Å². The number of hydrogen-bond acceptors (Lipinski definition) is 3. The van der Waals surface area contributed by atoms with Crippen LogP contribution in [0.15, 0.2) is 48.8 Å². The SMILES string of the molecule is O=C(Nc1ccc(F)c(F)c1)c1cccc2nccnc12. The monoisotopic (exact) mass is 285 g/mol. The number of nitrogens with one attached hydrogen (secondary N) is 1. The summed E-state index contributed by atoms with van der Waals surface area (Å²) in [7, 11) is 0. The molecule has 2 aromatic carbocycles. The third-order valence-electron chi connectivity index (χ3n) is 2.92. The van der Waals surface area contributed by atoms with E-state index >= 15 is 0 Å². The molecule has 0 aliphatic rings. The fourth-order valence-electron chi connectivity index (χ4n) is 1.95.